The summed E-state index contributed by atoms with van der Waals surface area (Å²) in [5, 5.41) is 2.71. The van der Waals surface area contributed by atoms with Crippen LogP contribution in [0.1, 0.15) is 0 Å². The lowest BCUT2D eigenvalue weighted by Crippen LogP contribution is -2.17. The van der Waals surface area contributed by atoms with Gasteiger partial charge in [0, 0.05) is 0 Å². The van der Waals surface area contributed by atoms with Crippen molar-refractivity contribution < 1.29 is 18.1 Å². The van der Waals surface area contributed by atoms with Crippen LogP contribution in [-0.4, -0.2) is 30.0 Å². The highest BCUT2D eigenvalue weighted by atomic mass is 35.5. The molecule has 3 N–H and O–H groups in total. The van der Waals surface area contributed by atoms with Gasteiger partial charge in [-0.25, -0.2) is 4.98 Å². The second-order valence-corrected chi connectivity index (χ2v) is 6.44. The van der Waals surface area contributed by atoms with Gasteiger partial charge >= 0.3 is 19.4 Å². The van der Waals surface area contributed by atoms with Crippen molar-refractivity contribution in [3.8, 4) is 0 Å². The van der Waals surface area contributed by atoms with E-state index in [1.54, 1.807) is 0 Å². The summed E-state index contributed by atoms with van der Waals surface area (Å²) < 4.78 is 27.5. The molecule has 0 spiro atoms. The van der Waals surface area contributed by atoms with Gasteiger partial charge in [-0.15, -0.1) is 0 Å². The Morgan fingerprint density at radius 1 is 1.56 bits per heavy atom. The highest BCUT2D eigenvalue weighted by Crippen LogP contribution is 2.09. The third-order valence-electron chi connectivity index (χ3n) is 1.35. The van der Waals surface area contributed by atoms with E-state index in [4.69, 9.17) is 20.7 Å². The minimum Gasteiger partial charge on any atom is -0.320 e. The summed E-state index contributed by atoms with van der Waals surface area (Å²) in [5.41, 5.74) is 0.414. The second-order valence-electron chi connectivity index (χ2n) is 2.63. The normalized spacial score (nSPS) is 10.9. The van der Waals surface area contributed by atoms with Crippen LogP contribution in [0.2, 0.25) is 5.15 Å². The molecule has 9 heteroatoms. The molecular formula is C7H8ClN2O4S2+. The number of amides is 1. The van der Waals surface area contributed by atoms with Gasteiger partial charge in [-0.2, -0.15) is 4.21 Å². The first kappa shape index (κ1) is 13.3. The monoisotopic (exact) mass is 283 g/mol. The Hall–Kier alpha value is -0.800. The summed E-state index contributed by atoms with van der Waals surface area (Å²) in [6, 6.07) is 3.03. The van der Waals surface area contributed by atoms with Crippen LogP contribution in [-0.2, 0) is 24.2 Å². The first-order valence-electron chi connectivity index (χ1n) is 3.91. The molecule has 1 rings (SSSR count). The van der Waals surface area contributed by atoms with E-state index in [1.807, 2.05) is 0 Å². The van der Waals surface area contributed by atoms with Gasteiger partial charge in [0.1, 0.15) is 5.15 Å². The maximum absolute atomic E-state index is 11.2. The molecule has 88 valence electrons. The maximum Gasteiger partial charge on any atom is 0.430 e. The van der Waals surface area contributed by atoms with E-state index in [2.05, 4.69) is 10.3 Å². The number of hydrogen-bond acceptors (Lipinski definition) is 3. The van der Waals surface area contributed by atoms with Crippen LogP contribution in [0, 0.1) is 0 Å². The summed E-state index contributed by atoms with van der Waals surface area (Å²) in [6.07, 6.45) is 1.35. The zero-order valence-corrected chi connectivity index (χ0v) is 10.2. The largest absolute Gasteiger partial charge is 0.430 e. The van der Waals surface area contributed by atoms with E-state index in [1.165, 1.54) is 18.3 Å². The van der Waals surface area contributed by atoms with Crippen molar-refractivity contribution in [1.82, 2.24) is 4.98 Å². The van der Waals surface area contributed by atoms with Crippen molar-refractivity contribution in [3.63, 3.8) is 0 Å². The Balaban J connectivity index is 2.59. The van der Waals surface area contributed by atoms with Crippen molar-refractivity contribution in [2.45, 2.75) is 0 Å². The van der Waals surface area contributed by atoms with Gasteiger partial charge in [0.05, 0.1) is 11.9 Å². The topological polar surface area (TPSA) is 99.5 Å². The van der Waals surface area contributed by atoms with E-state index in [9.17, 15) is 9.00 Å². The number of carbonyl (C=O) groups excluding carboxylic acids is 1. The molecule has 0 atom stereocenters. The number of nitrogens with one attached hydrogen (secondary N) is 1. The first-order chi connectivity index (χ1) is 7.37. The Morgan fingerprint density at radius 2 is 2.25 bits per heavy atom. The highest BCUT2D eigenvalue weighted by molar-refractivity contribution is 8.34. The molecule has 0 aliphatic rings. The van der Waals surface area contributed by atoms with Crippen molar-refractivity contribution in [2.24, 2.45) is 0 Å². The van der Waals surface area contributed by atoms with Gasteiger partial charge in [-0.3, -0.25) is 13.9 Å². The summed E-state index contributed by atoms with van der Waals surface area (Å²) in [6.45, 7) is 0. The molecule has 0 aromatic carbocycles. The average molecular weight is 284 g/mol. The van der Waals surface area contributed by atoms with E-state index >= 15 is 0 Å². The standard InChI is InChI=1S/C7H7ClN2O4S2/c8-6-2-1-5(3-9-6)10-7(11)4-15-16(12,13)14/h1-3H,4H2,(H2-,10,11,12,13,14)/p+1. The summed E-state index contributed by atoms with van der Waals surface area (Å²) in [5.74, 6) is -0.862. The van der Waals surface area contributed by atoms with Gasteiger partial charge in [-0.05, 0) is 12.1 Å². The van der Waals surface area contributed by atoms with Gasteiger partial charge < -0.3 is 5.32 Å². The number of hydrogen-bond donors (Lipinski definition) is 3. The number of nitrogens with zero attached hydrogens (tertiary/aromatic N) is 1. The Kier molecular flexibility index (Phi) is 4.56. The molecule has 16 heavy (non-hydrogen) atoms. The summed E-state index contributed by atoms with van der Waals surface area (Å²) in [7, 11) is -3.70. The van der Waals surface area contributed by atoms with Crippen molar-refractivity contribution in [1.29, 1.82) is 0 Å². The van der Waals surface area contributed by atoms with Crippen molar-refractivity contribution in [2.75, 3.05) is 11.1 Å². The molecule has 0 unspecified atom stereocenters. The van der Waals surface area contributed by atoms with E-state index in [0.29, 0.717) is 10.8 Å². The lowest BCUT2D eigenvalue weighted by molar-refractivity contribution is -0.113. The lowest BCUT2D eigenvalue weighted by atomic mass is 10.4. The number of pyridine rings is 1. The van der Waals surface area contributed by atoms with Crippen molar-refractivity contribution >= 4 is 42.6 Å². The molecule has 0 bridgehead atoms. The molecule has 0 fully saturated rings. The summed E-state index contributed by atoms with van der Waals surface area (Å²) in [4.78, 5) is 14.9. The van der Waals surface area contributed by atoms with Crippen LogP contribution in [0.4, 0.5) is 5.69 Å². The van der Waals surface area contributed by atoms with Crippen LogP contribution >= 0.6 is 11.6 Å². The van der Waals surface area contributed by atoms with Gasteiger partial charge in [-0.1, -0.05) is 11.6 Å². The van der Waals surface area contributed by atoms with Gasteiger partial charge in [0.2, 0.25) is 0 Å². The minimum absolute atomic E-state index is 0.244. The molecule has 1 aromatic rings. The predicted octanol–water partition coefficient (Wildman–Crippen LogP) is 0.901. The maximum atomic E-state index is 11.2. The fraction of sp³-hybridized carbons (Fsp3) is 0.143. The molecule has 1 heterocycles. The Labute approximate surface area is 100 Å². The highest BCUT2D eigenvalue weighted by Gasteiger charge is 2.15. The summed E-state index contributed by atoms with van der Waals surface area (Å²) >= 11 is 5.54. The number of anilines is 1. The molecule has 1 amide bonds. The third kappa shape index (κ3) is 5.33. The molecule has 0 radical (unpaired) electrons. The van der Waals surface area contributed by atoms with Crippen LogP contribution < -0.4 is 5.32 Å². The first-order valence-corrected chi connectivity index (χ1v) is 7.27. The van der Waals surface area contributed by atoms with E-state index < -0.39 is 15.0 Å². The number of carbonyl (C=O) groups is 1. The predicted molar refractivity (Wildman–Crippen MR) is 63.5 cm³/mol. The molecule has 0 aliphatic heterocycles. The average Bonchev–Trinajstić information content (AvgIpc) is 2.18. The van der Waals surface area contributed by atoms with E-state index in [0.717, 1.165) is 0 Å². The molecule has 1 aromatic heterocycles. The second kappa shape index (κ2) is 5.51. The van der Waals surface area contributed by atoms with Gasteiger partial charge in [0.25, 0.3) is 11.7 Å². The van der Waals surface area contributed by atoms with Crippen LogP contribution in [0.25, 0.3) is 0 Å². The quantitative estimate of drug-likeness (QED) is 0.565. The fourth-order valence-electron chi connectivity index (χ4n) is 0.777. The zero-order valence-electron chi connectivity index (χ0n) is 7.79. The minimum atomic E-state index is -3.95. The van der Waals surface area contributed by atoms with Gasteiger partial charge in [0.15, 0.2) is 0 Å². The van der Waals surface area contributed by atoms with Crippen LogP contribution in [0.5, 0.6) is 0 Å². The molecule has 0 saturated carbocycles. The SMILES string of the molecule is O=C(C[S+]=S(=O)(O)O)Nc1ccc(Cl)nc1. The van der Waals surface area contributed by atoms with Crippen LogP contribution in [0.3, 0.4) is 0 Å². The fourth-order valence-corrected chi connectivity index (χ4v) is 2.00. The molecular weight excluding hydrogens is 276 g/mol. The number of rotatable bonds is 3. The smallest absolute Gasteiger partial charge is 0.320 e. The van der Waals surface area contributed by atoms with Crippen LogP contribution in [0.15, 0.2) is 18.3 Å². The zero-order chi connectivity index (χ0) is 12.2. The molecule has 6 nitrogen and oxygen atoms in total. The Morgan fingerprint density at radius 3 is 2.75 bits per heavy atom. The third-order valence-corrected chi connectivity index (χ3v) is 3.54. The molecule has 0 saturated heterocycles. The Bertz CT molecular complexity index is 488. The number of aromatic nitrogens is 1. The lowest BCUT2D eigenvalue weighted by Gasteiger charge is -1.99. The van der Waals surface area contributed by atoms with E-state index in [-0.39, 0.29) is 16.1 Å². The molecule has 0 aliphatic carbocycles. The number of halogens is 1. The van der Waals surface area contributed by atoms with Crippen molar-refractivity contribution in [3.05, 3.63) is 23.5 Å².